The van der Waals surface area contributed by atoms with E-state index in [-0.39, 0.29) is 12.1 Å². The molecule has 1 aliphatic carbocycles. The molecule has 2 bridgehead atoms. The number of methoxy groups -OCH3 is 1. The zero-order chi connectivity index (χ0) is 16.6. The van der Waals surface area contributed by atoms with Crippen LogP contribution in [-0.2, 0) is 10.2 Å². The normalized spacial score (nSPS) is 27.6. The summed E-state index contributed by atoms with van der Waals surface area (Å²) in [5, 5.41) is 0. The Morgan fingerprint density at radius 2 is 1.83 bits per heavy atom. The van der Waals surface area contributed by atoms with Crippen LogP contribution in [0.1, 0.15) is 19.3 Å². The first-order valence-corrected chi connectivity index (χ1v) is 9.31. The Morgan fingerprint density at radius 3 is 2.43 bits per heavy atom. The lowest BCUT2D eigenvalue weighted by Crippen LogP contribution is -2.51. The molecule has 2 fully saturated rings. The van der Waals surface area contributed by atoms with Crippen molar-refractivity contribution in [3.05, 3.63) is 24.3 Å². The highest BCUT2D eigenvalue weighted by Gasteiger charge is 2.51. The SMILES string of the molecule is COc1ccc(OC[C@@H]2[C@H]3CC[C@@H](C3)N2S(=O)(=O)N(C)C)cc1. The van der Waals surface area contributed by atoms with Gasteiger partial charge < -0.3 is 9.47 Å². The molecule has 1 aromatic carbocycles. The van der Waals surface area contributed by atoms with E-state index in [0.717, 1.165) is 30.8 Å². The summed E-state index contributed by atoms with van der Waals surface area (Å²) >= 11 is 0. The Hall–Kier alpha value is -1.31. The van der Waals surface area contributed by atoms with Crippen molar-refractivity contribution in [1.82, 2.24) is 8.61 Å². The summed E-state index contributed by atoms with van der Waals surface area (Å²) in [7, 11) is 1.39. The molecule has 1 aromatic rings. The van der Waals surface area contributed by atoms with Crippen molar-refractivity contribution in [2.24, 2.45) is 5.92 Å². The molecular formula is C16H24N2O4S. The summed E-state index contributed by atoms with van der Waals surface area (Å²) in [6, 6.07) is 7.41. The Balaban J connectivity index is 1.72. The third kappa shape index (κ3) is 3.05. The molecule has 0 unspecified atom stereocenters. The van der Waals surface area contributed by atoms with Crippen LogP contribution in [0, 0.1) is 5.92 Å². The van der Waals surface area contributed by atoms with Gasteiger partial charge in [0.2, 0.25) is 0 Å². The van der Waals surface area contributed by atoms with E-state index in [2.05, 4.69) is 0 Å². The fourth-order valence-electron chi connectivity index (χ4n) is 3.66. The number of rotatable bonds is 6. The molecule has 23 heavy (non-hydrogen) atoms. The lowest BCUT2D eigenvalue weighted by Gasteiger charge is -2.35. The Morgan fingerprint density at radius 1 is 1.17 bits per heavy atom. The van der Waals surface area contributed by atoms with Gasteiger partial charge in [0.1, 0.15) is 18.1 Å². The van der Waals surface area contributed by atoms with Gasteiger partial charge in [-0.2, -0.15) is 17.0 Å². The molecule has 128 valence electrons. The van der Waals surface area contributed by atoms with E-state index in [9.17, 15) is 8.42 Å². The molecule has 0 N–H and O–H groups in total. The van der Waals surface area contributed by atoms with Crippen LogP contribution >= 0.6 is 0 Å². The summed E-state index contributed by atoms with van der Waals surface area (Å²) in [6.45, 7) is 0.389. The maximum Gasteiger partial charge on any atom is 0.282 e. The Kier molecular flexibility index (Phi) is 4.53. The van der Waals surface area contributed by atoms with E-state index < -0.39 is 10.2 Å². The van der Waals surface area contributed by atoms with Crippen molar-refractivity contribution in [3.8, 4) is 11.5 Å². The second kappa shape index (κ2) is 6.30. The largest absolute Gasteiger partial charge is 0.497 e. The van der Waals surface area contributed by atoms with Gasteiger partial charge in [-0.15, -0.1) is 0 Å². The van der Waals surface area contributed by atoms with Gasteiger partial charge >= 0.3 is 0 Å². The number of fused-ring (bicyclic) bond motifs is 2. The molecule has 0 aromatic heterocycles. The molecule has 0 amide bonds. The van der Waals surface area contributed by atoms with Crippen LogP contribution in [0.5, 0.6) is 11.5 Å². The van der Waals surface area contributed by atoms with Gasteiger partial charge in [0, 0.05) is 20.1 Å². The summed E-state index contributed by atoms with van der Waals surface area (Å²) < 4.78 is 39.2. The summed E-state index contributed by atoms with van der Waals surface area (Å²) in [5.41, 5.74) is 0. The Labute approximate surface area is 138 Å². The topological polar surface area (TPSA) is 59.1 Å². The molecule has 1 aliphatic heterocycles. The van der Waals surface area contributed by atoms with Crippen molar-refractivity contribution in [2.45, 2.75) is 31.3 Å². The van der Waals surface area contributed by atoms with E-state index in [4.69, 9.17) is 9.47 Å². The van der Waals surface area contributed by atoms with E-state index in [1.165, 1.54) is 4.31 Å². The third-order valence-corrected chi connectivity index (χ3v) is 6.91. The minimum Gasteiger partial charge on any atom is -0.497 e. The second-order valence-corrected chi connectivity index (χ2v) is 8.45. The number of hydrogen-bond acceptors (Lipinski definition) is 4. The number of piperidine rings is 1. The van der Waals surface area contributed by atoms with Gasteiger partial charge in [-0.1, -0.05) is 0 Å². The monoisotopic (exact) mass is 340 g/mol. The van der Waals surface area contributed by atoms with Gasteiger partial charge in [0.15, 0.2) is 0 Å². The van der Waals surface area contributed by atoms with Gasteiger partial charge in [0.25, 0.3) is 10.2 Å². The van der Waals surface area contributed by atoms with Crippen LogP contribution in [-0.4, -0.2) is 56.9 Å². The Bertz CT molecular complexity index is 645. The first kappa shape index (κ1) is 16.5. The molecule has 6 nitrogen and oxygen atoms in total. The minimum atomic E-state index is -3.41. The van der Waals surface area contributed by atoms with Gasteiger partial charge in [0.05, 0.1) is 13.2 Å². The lowest BCUT2D eigenvalue weighted by atomic mass is 10.0. The molecule has 1 saturated carbocycles. The van der Waals surface area contributed by atoms with Crippen LogP contribution in [0.2, 0.25) is 0 Å². The van der Waals surface area contributed by atoms with Gasteiger partial charge in [-0.25, -0.2) is 0 Å². The zero-order valence-electron chi connectivity index (χ0n) is 13.8. The van der Waals surface area contributed by atoms with Crippen molar-refractivity contribution >= 4 is 10.2 Å². The third-order valence-electron chi connectivity index (χ3n) is 4.88. The average molecular weight is 340 g/mol. The molecular weight excluding hydrogens is 316 g/mol. The highest BCUT2D eigenvalue weighted by molar-refractivity contribution is 7.86. The summed E-state index contributed by atoms with van der Waals surface area (Å²) in [4.78, 5) is 0. The summed E-state index contributed by atoms with van der Waals surface area (Å²) in [5.74, 6) is 1.90. The van der Waals surface area contributed by atoms with Gasteiger partial charge in [-0.05, 0) is 49.4 Å². The van der Waals surface area contributed by atoms with Crippen molar-refractivity contribution in [3.63, 3.8) is 0 Å². The smallest absolute Gasteiger partial charge is 0.282 e. The predicted octanol–water partition coefficient (Wildman–Crippen LogP) is 1.73. The van der Waals surface area contributed by atoms with Crippen molar-refractivity contribution < 1.29 is 17.9 Å². The molecule has 3 atom stereocenters. The van der Waals surface area contributed by atoms with Gasteiger partial charge in [-0.3, -0.25) is 0 Å². The van der Waals surface area contributed by atoms with E-state index >= 15 is 0 Å². The van der Waals surface area contributed by atoms with Crippen molar-refractivity contribution in [2.75, 3.05) is 27.8 Å². The standard InChI is InChI=1S/C16H24N2O4S/c1-17(2)23(19,20)18-13-5-4-12(10-13)16(18)11-22-15-8-6-14(21-3)7-9-15/h6-9,12-13,16H,4-5,10-11H2,1-3H3/t12-,13-,16+/m0/s1. The molecule has 0 spiro atoms. The number of ether oxygens (including phenoxy) is 2. The maximum atomic E-state index is 12.6. The first-order chi connectivity index (χ1) is 10.9. The van der Waals surface area contributed by atoms with Crippen LogP contribution in [0.4, 0.5) is 0 Å². The maximum absolute atomic E-state index is 12.6. The highest BCUT2D eigenvalue weighted by atomic mass is 32.2. The zero-order valence-corrected chi connectivity index (χ0v) is 14.6. The summed E-state index contributed by atoms with van der Waals surface area (Å²) in [6.07, 6.45) is 2.99. The minimum absolute atomic E-state index is 0.0803. The number of nitrogens with zero attached hydrogens (tertiary/aromatic N) is 2. The second-order valence-electron chi connectivity index (χ2n) is 6.40. The van der Waals surface area contributed by atoms with E-state index in [1.54, 1.807) is 25.5 Å². The van der Waals surface area contributed by atoms with Crippen molar-refractivity contribution in [1.29, 1.82) is 0 Å². The molecule has 1 saturated heterocycles. The highest BCUT2D eigenvalue weighted by Crippen LogP contribution is 2.44. The van der Waals surface area contributed by atoms with E-state index in [0.29, 0.717) is 12.5 Å². The molecule has 0 radical (unpaired) electrons. The van der Waals surface area contributed by atoms with E-state index in [1.807, 2.05) is 24.3 Å². The lowest BCUT2D eigenvalue weighted by molar-refractivity contribution is 0.157. The fraction of sp³-hybridized carbons (Fsp3) is 0.625. The van der Waals surface area contributed by atoms with Crippen LogP contribution in [0.3, 0.4) is 0 Å². The molecule has 2 aliphatic rings. The quantitative estimate of drug-likeness (QED) is 0.791. The van der Waals surface area contributed by atoms with Crippen LogP contribution in [0.25, 0.3) is 0 Å². The fourth-order valence-corrected chi connectivity index (χ4v) is 5.18. The molecule has 3 rings (SSSR count). The first-order valence-electron chi connectivity index (χ1n) is 7.91. The predicted molar refractivity (Wildman–Crippen MR) is 87.9 cm³/mol. The molecule has 7 heteroatoms. The average Bonchev–Trinajstić information content (AvgIpc) is 3.14. The molecule has 1 heterocycles. The van der Waals surface area contributed by atoms with Crippen LogP contribution < -0.4 is 9.47 Å². The number of hydrogen-bond donors (Lipinski definition) is 0. The van der Waals surface area contributed by atoms with Crippen LogP contribution in [0.15, 0.2) is 24.3 Å². The number of benzene rings is 1.